The first kappa shape index (κ1) is 13.4. The Hall–Kier alpha value is -1.62. The van der Waals surface area contributed by atoms with Gasteiger partial charge in [0.25, 0.3) is 0 Å². The van der Waals surface area contributed by atoms with Crippen LogP contribution in [0.1, 0.15) is 32.1 Å². The summed E-state index contributed by atoms with van der Waals surface area (Å²) in [5, 5.41) is 0. The second-order valence-electron chi connectivity index (χ2n) is 5.51. The lowest BCUT2D eigenvalue weighted by Gasteiger charge is -2.37. The van der Waals surface area contributed by atoms with E-state index in [2.05, 4.69) is 4.90 Å². The first-order chi connectivity index (χ1) is 9.77. The predicted molar refractivity (Wildman–Crippen MR) is 71.3 cm³/mol. The van der Waals surface area contributed by atoms with Crippen molar-refractivity contribution in [2.75, 3.05) is 6.54 Å². The van der Waals surface area contributed by atoms with Gasteiger partial charge in [-0.3, -0.25) is 9.69 Å². The van der Waals surface area contributed by atoms with Crippen molar-refractivity contribution in [1.29, 1.82) is 0 Å². The number of esters is 2. The largest absolute Gasteiger partial charge is 0.434 e. The van der Waals surface area contributed by atoms with E-state index in [-0.39, 0.29) is 29.9 Å². The van der Waals surface area contributed by atoms with Gasteiger partial charge in [-0.05, 0) is 31.5 Å². The Morgan fingerprint density at radius 1 is 0.950 bits per heavy atom. The Morgan fingerprint density at radius 3 is 2.40 bits per heavy atom. The summed E-state index contributed by atoms with van der Waals surface area (Å²) in [5.74, 6) is -0.725. The highest BCUT2D eigenvalue weighted by molar-refractivity contribution is 5.81. The van der Waals surface area contributed by atoms with E-state index in [1.54, 1.807) is 6.08 Å². The molecule has 20 heavy (non-hydrogen) atoms. The number of hydrogen-bond acceptors (Lipinski definition) is 5. The Balaban J connectivity index is 1.84. The van der Waals surface area contributed by atoms with Crippen LogP contribution in [0.15, 0.2) is 24.7 Å². The van der Waals surface area contributed by atoms with Crippen LogP contribution in [0.25, 0.3) is 0 Å². The zero-order valence-electron chi connectivity index (χ0n) is 11.4. The summed E-state index contributed by atoms with van der Waals surface area (Å²) < 4.78 is 9.88. The Bertz CT molecular complexity index is 415. The Morgan fingerprint density at radius 2 is 1.70 bits per heavy atom. The molecule has 3 aliphatic heterocycles. The Labute approximate surface area is 118 Å². The second-order valence-corrected chi connectivity index (χ2v) is 5.51. The highest BCUT2D eigenvalue weighted by atomic mass is 16.5. The standard InChI is InChI=1S/C15H19NO4/c17-14-11(6-9-19-14)12-5-3-1-2-4-8-16(12)13-7-10-20-15(13)18/h6-7,9-13H,1-5,8H2. The van der Waals surface area contributed by atoms with Crippen LogP contribution < -0.4 is 0 Å². The summed E-state index contributed by atoms with van der Waals surface area (Å²) in [6, 6.07) is -0.346. The maximum absolute atomic E-state index is 11.9. The summed E-state index contributed by atoms with van der Waals surface area (Å²) in [5.41, 5.74) is 0. The number of cyclic esters (lactones) is 2. The SMILES string of the molecule is O=C1OC=CC1C1CCCCCCN1C1C=COC1=O. The van der Waals surface area contributed by atoms with Crippen molar-refractivity contribution < 1.29 is 19.1 Å². The molecule has 3 rings (SSSR count). The van der Waals surface area contributed by atoms with E-state index in [4.69, 9.17) is 9.47 Å². The van der Waals surface area contributed by atoms with Crippen molar-refractivity contribution in [2.24, 2.45) is 5.92 Å². The molecule has 1 saturated heterocycles. The number of nitrogens with zero attached hydrogens (tertiary/aromatic N) is 1. The van der Waals surface area contributed by atoms with Crippen LogP contribution in [-0.4, -0.2) is 35.5 Å². The molecule has 5 heteroatoms. The molecule has 3 aliphatic rings. The third-order valence-corrected chi connectivity index (χ3v) is 4.29. The molecule has 0 aromatic rings. The van der Waals surface area contributed by atoms with Crippen LogP contribution >= 0.6 is 0 Å². The topological polar surface area (TPSA) is 55.8 Å². The fraction of sp³-hybridized carbons (Fsp3) is 0.600. The van der Waals surface area contributed by atoms with E-state index in [0.717, 1.165) is 25.8 Å². The van der Waals surface area contributed by atoms with Crippen molar-refractivity contribution in [3.8, 4) is 0 Å². The van der Waals surface area contributed by atoms with Gasteiger partial charge in [-0.25, -0.2) is 4.79 Å². The third-order valence-electron chi connectivity index (χ3n) is 4.29. The van der Waals surface area contributed by atoms with Gasteiger partial charge in [-0.1, -0.05) is 19.3 Å². The second kappa shape index (κ2) is 5.79. The molecule has 0 spiro atoms. The molecule has 3 heterocycles. The molecule has 0 aromatic heterocycles. The highest BCUT2D eigenvalue weighted by Gasteiger charge is 2.40. The Kier molecular flexibility index (Phi) is 3.87. The molecule has 3 atom stereocenters. The van der Waals surface area contributed by atoms with Gasteiger partial charge in [0.05, 0.1) is 18.4 Å². The van der Waals surface area contributed by atoms with Crippen molar-refractivity contribution in [3.05, 3.63) is 24.7 Å². The quantitative estimate of drug-likeness (QED) is 0.720. The molecule has 5 nitrogen and oxygen atoms in total. The lowest BCUT2D eigenvalue weighted by Crippen LogP contribution is -2.50. The van der Waals surface area contributed by atoms with Gasteiger partial charge in [-0.2, -0.15) is 0 Å². The van der Waals surface area contributed by atoms with Gasteiger partial charge < -0.3 is 9.47 Å². The molecule has 0 radical (unpaired) electrons. The van der Waals surface area contributed by atoms with Crippen LogP contribution in [0.4, 0.5) is 0 Å². The zero-order valence-corrected chi connectivity index (χ0v) is 11.4. The van der Waals surface area contributed by atoms with Gasteiger partial charge in [0.1, 0.15) is 6.04 Å². The van der Waals surface area contributed by atoms with Crippen molar-refractivity contribution in [2.45, 2.75) is 44.2 Å². The van der Waals surface area contributed by atoms with Crippen LogP contribution in [0, 0.1) is 5.92 Å². The molecule has 0 N–H and O–H groups in total. The smallest absolute Gasteiger partial charge is 0.332 e. The maximum Gasteiger partial charge on any atom is 0.332 e. The monoisotopic (exact) mass is 277 g/mol. The molecule has 0 aliphatic carbocycles. The van der Waals surface area contributed by atoms with E-state index in [9.17, 15) is 9.59 Å². The molecule has 108 valence electrons. The fourth-order valence-electron chi connectivity index (χ4n) is 3.27. The van der Waals surface area contributed by atoms with E-state index >= 15 is 0 Å². The molecular weight excluding hydrogens is 258 g/mol. The van der Waals surface area contributed by atoms with Gasteiger partial charge in [0, 0.05) is 6.04 Å². The molecular formula is C15H19NO4. The van der Waals surface area contributed by atoms with Crippen molar-refractivity contribution in [3.63, 3.8) is 0 Å². The molecule has 3 unspecified atom stereocenters. The molecule has 0 saturated carbocycles. The van der Waals surface area contributed by atoms with Crippen LogP contribution in [0.2, 0.25) is 0 Å². The zero-order chi connectivity index (χ0) is 13.9. The molecule has 0 aromatic carbocycles. The minimum absolute atomic E-state index is 0.0156. The third kappa shape index (κ3) is 2.50. The minimum atomic E-state index is -0.361. The highest BCUT2D eigenvalue weighted by Crippen LogP contribution is 2.30. The molecule has 1 fully saturated rings. The van der Waals surface area contributed by atoms with Crippen molar-refractivity contribution in [1.82, 2.24) is 4.90 Å². The summed E-state index contributed by atoms with van der Waals surface area (Å²) in [6.07, 6.45) is 11.9. The number of carbonyl (C=O) groups excluding carboxylic acids is 2. The average molecular weight is 277 g/mol. The van der Waals surface area contributed by atoms with Gasteiger partial charge in [0.15, 0.2) is 0 Å². The van der Waals surface area contributed by atoms with E-state index in [0.29, 0.717) is 0 Å². The van der Waals surface area contributed by atoms with Crippen molar-refractivity contribution >= 4 is 11.9 Å². The number of hydrogen-bond donors (Lipinski definition) is 0. The normalized spacial score (nSPS) is 34.7. The molecule has 0 bridgehead atoms. The number of carbonyl (C=O) groups is 2. The lowest BCUT2D eigenvalue weighted by atomic mass is 9.90. The van der Waals surface area contributed by atoms with Gasteiger partial charge in [-0.15, -0.1) is 0 Å². The maximum atomic E-state index is 11.9. The summed E-state index contributed by atoms with van der Waals surface area (Å²) in [6.45, 7) is 0.812. The van der Waals surface area contributed by atoms with E-state index < -0.39 is 0 Å². The summed E-state index contributed by atoms with van der Waals surface area (Å²) in [4.78, 5) is 25.8. The van der Waals surface area contributed by atoms with Gasteiger partial charge in [0.2, 0.25) is 0 Å². The first-order valence-electron chi connectivity index (χ1n) is 7.27. The summed E-state index contributed by atoms with van der Waals surface area (Å²) >= 11 is 0. The summed E-state index contributed by atoms with van der Waals surface area (Å²) in [7, 11) is 0. The lowest BCUT2D eigenvalue weighted by molar-refractivity contribution is -0.146. The number of ether oxygens (including phenoxy) is 2. The van der Waals surface area contributed by atoms with Crippen LogP contribution in [-0.2, 0) is 19.1 Å². The predicted octanol–water partition coefficient (Wildman–Crippen LogP) is 1.75. The average Bonchev–Trinajstić information content (AvgIpc) is 2.99. The number of likely N-dealkylation sites (tertiary alicyclic amines) is 1. The molecule has 0 amide bonds. The minimum Gasteiger partial charge on any atom is -0.434 e. The van der Waals surface area contributed by atoms with Crippen LogP contribution in [0.5, 0.6) is 0 Å². The van der Waals surface area contributed by atoms with E-state index in [1.165, 1.54) is 25.4 Å². The van der Waals surface area contributed by atoms with E-state index in [1.807, 2.05) is 6.08 Å². The fourth-order valence-corrected chi connectivity index (χ4v) is 3.27. The van der Waals surface area contributed by atoms with Gasteiger partial charge >= 0.3 is 11.9 Å². The first-order valence-corrected chi connectivity index (χ1v) is 7.27. The number of rotatable bonds is 2. The van der Waals surface area contributed by atoms with Crippen LogP contribution in [0.3, 0.4) is 0 Å².